The summed E-state index contributed by atoms with van der Waals surface area (Å²) in [5, 5.41) is 3.07. The molecule has 1 aliphatic rings. The van der Waals surface area contributed by atoms with Crippen LogP contribution in [0.15, 0.2) is 0 Å². The van der Waals surface area contributed by atoms with Crippen LogP contribution >= 0.6 is 11.8 Å². The number of amides is 1. The van der Waals surface area contributed by atoms with E-state index in [0.717, 1.165) is 13.0 Å². The Morgan fingerprint density at radius 3 is 2.62 bits per heavy atom. The molecule has 0 aromatic heterocycles. The lowest BCUT2D eigenvalue weighted by molar-refractivity contribution is -0.130. The minimum Gasteiger partial charge on any atom is -0.355 e. The Labute approximate surface area is 103 Å². The maximum atomic E-state index is 12.0. The fourth-order valence-electron chi connectivity index (χ4n) is 1.80. The summed E-state index contributed by atoms with van der Waals surface area (Å²) in [5.41, 5.74) is 5.28. The number of thioether (sulfide) groups is 1. The molecule has 4 heteroatoms. The third kappa shape index (κ3) is 3.67. The first kappa shape index (κ1) is 13.8. The largest absolute Gasteiger partial charge is 0.355 e. The van der Waals surface area contributed by atoms with Gasteiger partial charge in [-0.05, 0) is 43.6 Å². The van der Waals surface area contributed by atoms with E-state index >= 15 is 0 Å². The second kappa shape index (κ2) is 6.50. The summed E-state index contributed by atoms with van der Waals surface area (Å²) in [5.74, 6) is 3.27. The van der Waals surface area contributed by atoms with Crippen molar-refractivity contribution in [1.29, 1.82) is 0 Å². The average molecular weight is 244 g/mol. The van der Waals surface area contributed by atoms with Crippen molar-refractivity contribution in [3.63, 3.8) is 0 Å². The minimum atomic E-state index is -0.385. The van der Waals surface area contributed by atoms with Gasteiger partial charge in [-0.1, -0.05) is 6.92 Å². The molecule has 1 saturated heterocycles. The molecule has 0 saturated carbocycles. The second-order valence-corrected chi connectivity index (χ2v) is 6.11. The maximum Gasteiger partial charge on any atom is 0.227 e. The van der Waals surface area contributed by atoms with E-state index in [1.54, 1.807) is 0 Å². The lowest BCUT2D eigenvalue weighted by Crippen LogP contribution is -2.45. The van der Waals surface area contributed by atoms with E-state index in [1.165, 1.54) is 24.3 Å². The maximum absolute atomic E-state index is 12.0. The zero-order chi connectivity index (χ0) is 12.0. The molecule has 1 aliphatic heterocycles. The highest BCUT2D eigenvalue weighted by atomic mass is 32.2. The van der Waals surface area contributed by atoms with Crippen LogP contribution in [0.1, 0.15) is 33.1 Å². The van der Waals surface area contributed by atoms with Gasteiger partial charge in [0.1, 0.15) is 0 Å². The summed E-state index contributed by atoms with van der Waals surface area (Å²) in [6.07, 6.45) is 3.27. The molecular formula is C12H24N2OS. The highest BCUT2D eigenvalue weighted by Gasteiger charge is 2.29. The van der Waals surface area contributed by atoms with Crippen molar-refractivity contribution in [2.45, 2.75) is 33.1 Å². The molecule has 3 N–H and O–H groups in total. The van der Waals surface area contributed by atoms with E-state index in [2.05, 4.69) is 5.32 Å². The molecule has 0 spiro atoms. The third-order valence-corrected chi connectivity index (χ3v) is 4.72. The van der Waals surface area contributed by atoms with Crippen LogP contribution in [0.3, 0.4) is 0 Å². The Morgan fingerprint density at radius 2 is 2.12 bits per heavy atom. The summed E-state index contributed by atoms with van der Waals surface area (Å²) >= 11 is 2.01. The summed E-state index contributed by atoms with van der Waals surface area (Å²) in [6, 6.07) is 0. The fourth-order valence-corrected chi connectivity index (χ4v) is 3.00. The first-order chi connectivity index (χ1) is 7.62. The number of nitrogens with one attached hydrogen (secondary N) is 1. The first-order valence-corrected chi connectivity index (χ1v) is 7.34. The predicted octanol–water partition coefficient (Wildman–Crippen LogP) is 1.62. The molecule has 3 nitrogen and oxygen atoms in total. The van der Waals surface area contributed by atoms with Gasteiger partial charge in [-0.25, -0.2) is 0 Å². The first-order valence-electron chi connectivity index (χ1n) is 6.18. The van der Waals surface area contributed by atoms with Crippen LogP contribution in [0.4, 0.5) is 0 Å². The van der Waals surface area contributed by atoms with Crippen LogP contribution < -0.4 is 11.1 Å². The van der Waals surface area contributed by atoms with Gasteiger partial charge in [-0.2, -0.15) is 11.8 Å². The number of nitrogens with two attached hydrogens (primary N) is 1. The van der Waals surface area contributed by atoms with Gasteiger partial charge in [0.25, 0.3) is 0 Å². The Kier molecular flexibility index (Phi) is 5.62. The van der Waals surface area contributed by atoms with Gasteiger partial charge in [0, 0.05) is 13.1 Å². The number of hydrogen-bond donors (Lipinski definition) is 2. The van der Waals surface area contributed by atoms with Crippen molar-refractivity contribution in [1.82, 2.24) is 5.32 Å². The standard InChI is InChI=1S/C12H24N2OS/c1-3-12(2,9-13)11(15)14-8-10-4-6-16-7-5-10/h10H,3-9,13H2,1-2H3,(H,14,15). The minimum absolute atomic E-state index is 0.121. The molecule has 1 atom stereocenters. The molecular weight excluding hydrogens is 220 g/mol. The van der Waals surface area contributed by atoms with Gasteiger partial charge in [0.05, 0.1) is 5.41 Å². The Balaban J connectivity index is 2.33. The Bertz CT molecular complexity index is 223. The molecule has 0 radical (unpaired) electrons. The zero-order valence-electron chi connectivity index (χ0n) is 10.4. The van der Waals surface area contributed by atoms with Gasteiger partial charge in [0.2, 0.25) is 5.91 Å². The topological polar surface area (TPSA) is 55.1 Å². The molecule has 16 heavy (non-hydrogen) atoms. The summed E-state index contributed by atoms with van der Waals surface area (Å²) in [6.45, 7) is 5.22. The van der Waals surface area contributed by atoms with Crippen molar-refractivity contribution in [3.05, 3.63) is 0 Å². The van der Waals surface area contributed by atoms with Gasteiger partial charge in [0.15, 0.2) is 0 Å². The highest BCUT2D eigenvalue weighted by Crippen LogP contribution is 2.23. The second-order valence-electron chi connectivity index (χ2n) is 4.88. The highest BCUT2D eigenvalue weighted by molar-refractivity contribution is 7.99. The average Bonchev–Trinajstić information content (AvgIpc) is 2.36. The lowest BCUT2D eigenvalue weighted by atomic mass is 9.86. The normalized spacial score (nSPS) is 21.4. The van der Waals surface area contributed by atoms with E-state index in [4.69, 9.17) is 5.73 Å². The van der Waals surface area contributed by atoms with Crippen LogP contribution in [0, 0.1) is 11.3 Å². The van der Waals surface area contributed by atoms with E-state index in [0.29, 0.717) is 12.5 Å². The molecule has 0 bridgehead atoms. The predicted molar refractivity (Wildman–Crippen MR) is 70.5 cm³/mol. The monoisotopic (exact) mass is 244 g/mol. The van der Waals surface area contributed by atoms with E-state index in [1.807, 2.05) is 25.6 Å². The quantitative estimate of drug-likeness (QED) is 0.773. The van der Waals surface area contributed by atoms with Gasteiger partial charge < -0.3 is 11.1 Å². The van der Waals surface area contributed by atoms with Crippen LogP contribution in [-0.2, 0) is 4.79 Å². The molecule has 1 fully saturated rings. The molecule has 94 valence electrons. The van der Waals surface area contributed by atoms with Gasteiger partial charge in [-0.3, -0.25) is 4.79 Å². The summed E-state index contributed by atoms with van der Waals surface area (Å²) < 4.78 is 0. The molecule has 1 rings (SSSR count). The summed E-state index contributed by atoms with van der Waals surface area (Å²) in [4.78, 5) is 12.0. The third-order valence-electron chi connectivity index (χ3n) is 3.67. The number of carbonyl (C=O) groups is 1. The zero-order valence-corrected chi connectivity index (χ0v) is 11.2. The van der Waals surface area contributed by atoms with Crippen LogP contribution in [0.25, 0.3) is 0 Å². The van der Waals surface area contributed by atoms with Crippen molar-refractivity contribution in [2.75, 3.05) is 24.6 Å². The van der Waals surface area contributed by atoms with Gasteiger partial charge in [-0.15, -0.1) is 0 Å². The number of carbonyl (C=O) groups excluding carboxylic acids is 1. The molecule has 0 aliphatic carbocycles. The molecule has 1 amide bonds. The molecule has 0 aromatic carbocycles. The van der Waals surface area contributed by atoms with E-state index in [-0.39, 0.29) is 11.3 Å². The van der Waals surface area contributed by atoms with Crippen LogP contribution in [-0.4, -0.2) is 30.5 Å². The summed E-state index contributed by atoms with van der Waals surface area (Å²) in [7, 11) is 0. The molecule has 1 unspecified atom stereocenters. The van der Waals surface area contributed by atoms with Crippen molar-refractivity contribution in [2.24, 2.45) is 17.1 Å². The van der Waals surface area contributed by atoms with Crippen molar-refractivity contribution >= 4 is 17.7 Å². The van der Waals surface area contributed by atoms with Crippen LogP contribution in [0.5, 0.6) is 0 Å². The van der Waals surface area contributed by atoms with Crippen molar-refractivity contribution in [3.8, 4) is 0 Å². The van der Waals surface area contributed by atoms with E-state index in [9.17, 15) is 4.79 Å². The number of hydrogen-bond acceptors (Lipinski definition) is 3. The number of rotatable bonds is 5. The smallest absolute Gasteiger partial charge is 0.227 e. The van der Waals surface area contributed by atoms with Crippen molar-refractivity contribution < 1.29 is 4.79 Å². The SMILES string of the molecule is CCC(C)(CN)C(=O)NCC1CCSCC1. The van der Waals surface area contributed by atoms with Gasteiger partial charge >= 0.3 is 0 Å². The molecule has 0 aromatic rings. The Morgan fingerprint density at radius 1 is 1.50 bits per heavy atom. The Hall–Kier alpha value is -0.220. The molecule has 1 heterocycles. The van der Waals surface area contributed by atoms with Crippen LogP contribution in [0.2, 0.25) is 0 Å². The van der Waals surface area contributed by atoms with E-state index < -0.39 is 0 Å². The fraction of sp³-hybridized carbons (Fsp3) is 0.917. The lowest BCUT2D eigenvalue weighted by Gasteiger charge is -2.27.